The molecule has 2 nitrogen and oxygen atoms in total. The van der Waals surface area contributed by atoms with Gasteiger partial charge in [0.05, 0.1) is 5.60 Å². The fraction of sp³-hybridized carbons (Fsp3) is 0.692. The van der Waals surface area contributed by atoms with E-state index in [-0.39, 0.29) is 12.5 Å². The third kappa shape index (κ3) is 3.18. The van der Waals surface area contributed by atoms with Crippen LogP contribution in [0.25, 0.3) is 0 Å². The molecule has 0 saturated carbocycles. The fourth-order valence-corrected chi connectivity index (χ4v) is 1.97. The van der Waals surface area contributed by atoms with Crippen LogP contribution < -0.4 is 0 Å². The lowest BCUT2D eigenvalue weighted by atomic mass is 9.78. The molecule has 0 fully saturated rings. The molecule has 1 rings (SSSR count). The minimum absolute atomic E-state index is 0.132. The van der Waals surface area contributed by atoms with E-state index in [1.165, 1.54) is 5.57 Å². The van der Waals surface area contributed by atoms with Gasteiger partial charge in [-0.3, -0.25) is 0 Å². The summed E-state index contributed by atoms with van der Waals surface area (Å²) >= 11 is 0. The molecule has 1 aliphatic rings. The Morgan fingerprint density at radius 3 is 2.60 bits per heavy atom. The van der Waals surface area contributed by atoms with Crippen LogP contribution in [0.15, 0.2) is 23.8 Å². The quantitative estimate of drug-likeness (QED) is 0.747. The van der Waals surface area contributed by atoms with Crippen LogP contribution in [-0.2, 0) is 0 Å². The van der Waals surface area contributed by atoms with Crippen LogP contribution in [0.4, 0.5) is 0 Å². The van der Waals surface area contributed by atoms with Gasteiger partial charge in [-0.2, -0.15) is 0 Å². The molecule has 86 valence electrons. The Morgan fingerprint density at radius 1 is 1.47 bits per heavy atom. The van der Waals surface area contributed by atoms with Crippen molar-refractivity contribution < 1.29 is 10.2 Å². The van der Waals surface area contributed by atoms with E-state index >= 15 is 0 Å². The van der Waals surface area contributed by atoms with Gasteiger partial charge in [0, 0.05) is 12.5 Å². The minimum atomic E-state index is -0.760. The van der Waals surface area contributed by atoms with Crippen LogP contribution in [0.2, 0.25) is 0 Å². The summed E-state index contributed by atoms with van der Waals surface area (Å²) in [5, 5.41) is 19.1. The molecule has 2 heteroatoms. The zero-order valence-corrected chi connectivity index (χ0v) is 9.90. The first-order valence-electron chi connectivity index (χ1n) is 5.71. The molecule has 2 N–H and O–H groups in total. The van der Waals surface area contributed by atoms with Gasteiger partial charge in [0.15, 0.2) is 0 Å². The first kappa shape index (κ1) is 12.5. The summed E-state index contributed by atoms with van der Waals surface area (Å²) in [6.07, 6.45) is 7.72. The largest absolute Gasteiger partial charge is 0.396 e. The Bertz CT molecular complexity index is 262. The number of hydrogen-bond acceptors (Lipinski definition) is 2. The van der Waals surface area contributed by atoms with Crippen LogP contribution in [0.3, 0.4) is 0 Å². The molecule has 15 heavy (non-hydrogen) atoms. The van der Waals surface area contributed by atoms with E-state index in [1.807, 2.05) is 13.0 Å². The van der Waals surface area contributed by atoms with E-state index < -0.39 is 5.60 Å². The van der Waals surface area contributed by atoms with Crippen molar-refractivity contribution in [3.05, 3.63) is 23.8 Å². The Balaban J connectivity index is 2.71. The third-order valence-corrected chi connectivity index (χ3v) is 3.07. The lowest BCUT2D eigenvalue weighted by molar-refractivity contribution is 0.0573. The average molecular weight is 210 g/mol. The molecule has 0 radical (unpaired) electrons. The Kier molecular flexibility index (Phi) is 4.12. The minimum Gasteiger partial charge on any atom is -0.396 e. The van der Waals surface area contributed by atoms with Crippen molar-refractivity contribution in [3.8, 4) is 0 Å². The van der Waals surface area contributed by atoms with Crippen molar-refractivity contribution in [2.24, 2.45) is 11.8 Å². The van der Waals surface area contributed by atoms with E-state index in [9.17, 15) is 5.11 Å². The summed E-state index contributed by atoms with van der Waals surface area (Å²) < 4.78 is 0. The summed E-state index contributed by atoms with van der Waals surface area (Å²) in [4.78, 5) is 0. The van der Waals surface area contributed by atoms with Gasteiger partial charge in [-0.25, -0.2) is 0 Å². The molecule has 0 bridgehead atoms. The van der Waals surface area contributed by atoms with Gasteiger partial charge >= 0.3 is 0 Å². The van der Waals surface area contributed by atoms with Crippen molar-refractivity contribution in [2.75, 3.05) is 6.61 Å². The fourth-order valence-electron chi connectivity index (χ4n) is 1.97. The second-order valence-corrected chi connectivity index (χ2v) is 4.86. The maximum absolute atomic E-state index is 10.3. The van der Waals surface area contributed by atoms with E-state index in [0.717, 1.165) is 12.8 Å². The molecular formula is C13H22O2. The molecular weight excluding hydrogens is 188 g/mol. The lowest BCUT2D eigenvalue weighted by Crippen LogP contribution is -2.34. The second kappa shape index (κ2) is 4.95. The molecule has 0 aromatic carbocycles. The number of aliphatic hydroxyl groups excluding tert-OH is 1. The molecule has 0 aromatic rings. The van der Waals surface area contributed by atoms with Gasteiger partial charge in [0.25, 0.3) is 0 Å². The SMILES string of the molecule is CC(C)C1=CC(C)(O)C(CCCO)C=C1. The van der Waals surface area contributed by atoms with Gasteiger partial charge in [0.2, 0.25) is 0 Å². The summed E-state index contributed by atoms with van der Waals surface area (Å²) in [6.45, 7) is 6.29. The highest BCUT2D eigenvalue weighted by molar-refractivity contribution is 5.31. The summed E-state index contributed by atoms with van der Waals surface area (Å²) in [6, 6.07) is 0. The monoisotopic (exact) mass is 210 g/mol. The molecule has 0 aromatic heterocycles. The van der Waals surface area contributed by atoms with E-state index in [2.05, 4.69) is 26.0 Å². The molecule has 0 heterocycles. The molecule has 2 atom stereocenters. The van der Waals surface area contributed by atoms with Crippen molar-refractivity contribution in [1.29, 1.82) is 0 Å². The molecule has 0 aliphatic heterocycles. The highest BCUT2D eigenvalue weighted by atomic mass is 16.3. The Hall–Kier alpha value is -0.600. The first-order chi connectivity index (χ1) is 6.97. The van der Waals surface area contributed by atoms with Crippen LogP contribution in [0, 0.1) is 11.8 Å². The zero-order chi connectivity index (χ0) is 11.5. The van der Waals surface area contributed by atoms with Gasteiger partial charge in [-0.15, -0.1) is 0 Å². The predicted octanol–water partition coefficient (Wildman–Crippen LogP) is 2.28. The molecule has 1 aliphatic carbocycles. The zero-order valence-electron chi connectivity index (χ0n) is 9.90. The molecule has 2 unspecified atom stereocenters. The molecule has 0 saturated heterocycles. The van der Waals surface area contributed by atoms with Crippen LogP contribution in [0.5, 0.6) is 0 Å². The molecule has 0 amide bonds. The van der Waals surface area contributed by atoms with E-state index in [4.69, 9.17) is 5.11 Å². The van der Waals surface area contributed by atoms with Gasteiger partial charge in [-0.05, 0) is 37.3 Å². The normalized spacial score (nSPS) is 30.8. The lowest BCUT2D eigenvalue weighted by Gasteiger charge is -2.32. The highest BCUT2D eigenvalue weighted by Crippen LogP contribution is 2.32. The standard InChI is InChI=1S/C13H22O2/c1-10(2)11-6-7-12(5-4-8-14)13(3,15)9-11/h6-7,9-10,12,14-15H,4-5,8H2,1-3H3. The topological polar surface area (TPSA) is 40.5 Å². The average Bonchev–Trinajstić information content (AvgIpc) is 2.14. The number of aliphatic hydroxyl groups is 2. The summed E-state index contributed by atoms with van der Waals surface area (Å²) in [7, 11) is 0. The van der Waals surface area contributed by atoms with Crippen LogP contribution in [0.1, 0.15) is 33.6 Å². The summed E-state index contributed by atoms with van der Waals surface area (Å²) in [5.41, 5.74) is 0.434. The Labute approximate surface area is 92.3 Å². The van der Waals surface area contributed by atoms with Crippen molar-refractivity contribution >= 4 is 0 Å². The Morgan fingerprint density at radius 2 is 2.13 bits per heavy atom. The van der Waals surface area contributed by atoms with Crippen LogP contribution >= 0.6 is 0 Å². The number of allylic oxidation sites excluding steroid dienone is 2. The smallest absolute Gasteiger partial charge is 0.0867 e. The van der Waals surface area contributed by atoms with Crippen molar-refractivity contribution in [3.63, 3.8) is 0 Å². The van der Waals surface area contributed by atoms with E-state index in [0.29, 0.717) is 5.92 Å². The van der Waals surface area contributed by atoms with Crippen LogP contribution in [-0.4, -0.2) is 22.4 Å². The van der Waals surface area contributed by atoms with Gasteiger partial charge in [-0.1, -0.05) is 26.0 Å². The van der Waals surface area contributed by atoms with Gasteiger partial charge in [0.1, 0.15) is 0 Å². The van der Waals surface area contributed by atoms with Crippen molar-refractivity contribution in [2.45, 2.75) is 39.2 Å². The van der Waals surface area contributed by atoms with Crippen molar-refractivity contribution in [1.82, 2.24) is 0 Å². The van der Waals surface area contributed by atoms with E-state index in [1.54, 1.807) is 0 Å². The number of rotatable bonds is 4. The number of hydrogen-bond donors (Lipinski definition) is 2. The van der Waals surface area contributed by atoms with Gasteiger partial charge < -0.3 is 10.2 Å². The second-order valence-electron chi connectivity index (χ2n) is 4.86. The maximum Gasteiger partial charge on any atom is 0.0867 e. The maximum atomic E-state index is 10.3. The highest BCUT2D eigenvalue weighted by Gasteiger charge is 2.30. The summed E-state index contributed by atoms with van der Waals surface area (Å²) in [5.74, 6) is 0.582. The first-order valence-corrected chi connectivity index (χ1v) is 5.71. The third-order valence-electron chi connectivity index (χ3n) is 3.07. The predicted molar refractivity (Wildman–Crippen MR) is 62.5 cm³/mol. The molecule has 0 spiro atoms.